The van der Waals surface area contributed by atoms with Gasteiger partial charge in [0.2, 0.25) is 0 Å². The lowest BCUT2D eigenvalue weighted by Gasteiger charge is -2.47. The van der Waals surface area contributed by atoms with Crippen LogP contribution in [0.5, 0.6) is 0 Å². The maximum absolute atomic E-state index is 11.9. The highest BCUT2D eigenvalue weighted by Gasteiger charge is 2.53. The van der Waals surface area contributed by atoms with Gasteiger partial charge in [0.05, 0.1) is 6.04 Å². The lowest BCUT2D eigenvalue weighted by molar-refractivity contribution is 0.0285. The molecule has 3 heteroatoms. The fraction of sp³-hybridized carbons (Fsp3) is 0.769. The highest BCUT2D eigenvalue weighted by atomic mass is 16.6. The van der Waals surface area contributed by atoms with Gasteiger partial charge in [-0.1, -0.05) is 6.92 Å². The maximum atomic E-state index is 11.9. The van der Waals surface area contributed by atoms with E-state index in [1.54, 1.807) is 0 Å². The van der Waals surface area contributed by atoms with Crippen LogP contribution in [-0.2, 0) is 4.74 Å². The van der Waals surface area contributed by atoms with Crippen LogP contribution < -0.4 is 0 Å². The van der Waals surface area contributed by atoms with Crippen molar-refractivity contribution in [3.05, 3.63) is 11.3 Å². The Balaban J connectivity index is 2.09. The van der Waals surface area contributed by atoms with E-state index in [4.69, 9.17) is 4.74 Å². The molecule has 1 amide bonds. The second-order valence-electron chi connectivity index (χ2n) is 5.36. The van der Waals surface area contributed by atoms with Crippen LogP contribution >= 0.6 is 0 Å². The van der Waals surface area contributed by atoms with Gasteiger partial charge in [-0.3, -0.25) is 0 Å². The summed E-state index contributed by atoms with van der Waals surface area (Å²) in [5, 5.41) is 0. The number of ether oxygens (including phenoxy) is 1. The minimum atomic E-state index is -0.120. The first-order valence-electron chi connectivity index (χ1n) is 6.36. The molecule has 0 N–H and O–H groups in total. The summed E-state index contributed by atoms with van der Waals surface area (Å²) >= 11 is 0. The fourth-order valence-electron chi connectivity index (χ4n) is 3.90. The van der Waals surface area contributed by atoms with E-state index in [1.165, 1.54) is 24.8 Å². The number of hydrogen-bond acceptors (Lipinski definition) is 2. The Morgan fingerprint density at radius 2 is 2.31 bits per heavy atom. The molecule has 0 aromatic rings. The van der Waals surface area contributed by atoms with Gasteiger partial charge in [-0.15, -0.1) is 0 Å². The van der Waals surface area contributed by atoms with Crippen LogP contribution in [0.2, 0.25) is 0 Å². The Hall–Kier alpha value is -0.990. The molecule has 3 aliphatic rings. The standard InChI is InChI=1S/C13H19NO2/c1-3-13-6-4-8-14-11(13)10(5-7-13)9(2)16-12(14)15/h11H,3-8H2,1-2H3/t11-,13-/m1/s1. The van der Waals surface area contributed by atoms with E-state index in [0.717, 1.165) is 25.1 Å². The number of nitrogens with zero attached hydrogens (tertiary/aromatic N) is 1. The predicted octanol–water partition coefficient (Wildman–Crippen LogP) is 3.07. The number of amides is 1. The third kappa shape index (κ3) is 1.12. The van der Waals surface area contributed by atoms with Crippen molar-refractivity contribution in [3.63, 3.8) is 0 Å². The Kier molecular flexibility index (Phi) is 2.07. The highest BCUT2D eigenvalue weighted by molar-refractivity contribution is 5.72. The molecule has 2 atom stereocenters. The lowest BCUT2D eigenvalue weighted by Crippen LogP contribution is -2.54. The summed E-state index contributed by atoms with van der Waals surface area (Å²) in [4.78, 5) is 13.9. The number of piperidine rings is 1. The summed E-state index contributed by atoms with van der Waals surface area (Å²) in [6.45, 7) is 5.09. The van der Waals surface area contributed by atoms with Gasteiger partial charge in [0.15, 0.2) is 0 Å². The van der Waals surface area contributed by atoms with Crippen molar-refractivity contribution >= 4 is 6.09 Å². The first-order valence-corrected chi connectivity index (χ1v) is 6.36. The summed E-state index contributed by atoms with van der Waals surface area (Å²) in [5.41, 5.74) is 1.75. The first kappa shape index (κ1) is 10.2. The molecule has 88 valence electrons. The number of hydrogen-bond donors (Lipinski definition) is 0. The zero-order valence-corrected chi connectivity index (χ0v) is 10.1. The average molecular weight is 221 g/mol. The van der Waals surface area contributed by atoms with Gasteiger partial charge >= 0.3 is 6.09 Å². The third-order valence-electron chi connectivity index (χ3n) is 4.82. The molecule has 2 heterocycles. The van der Waals surface area contributed by atoms with Crippen molar-refractivity contribution in [3.8, 4) is 0 Å². The summed E-state index contributed by atoms with van der Waals surface area (Å²) in [6, 6.07) is 0.354. The molecule has 0 radical (unpaired) electrons. The Labute approximate surface area is 96.4 Å². The Morgan fingerprint density at radius 3 is 3.06 bits per heavy atom. The minimum Gasteiger partial charge on any atom is -0.415 e. The van der Waals surface area contributed by atoms with Gasteiger partial charge in [0.25, 0.3) is 0 Å². The monoisotopic (exact) mass is 221 g/mol. The van der Waals surface area contributed by atoms with Crippen LogP contribution in [0.15, 0.2) is 11.3 Å². The summed E-state index contributed by atoms with van der Waals surface area (Å²) < 4.78 is 5.34. The summed E-state index contributed by atoms with van der Waals surface area (Å²) in [5.74, 6) is 0.878. The molecule has 2 fully saturated rings. The predicted molar refractivity (Wildman–Crippen MR) is 60.9 cm³/mol. The van der Waals surface area contributed by atoms with Gasteiger partial charge in [0, 0.05) is 6.54 Å². The number of cyclic esters (lactones) is 1. The molecule has 3 nitrogen and oxygen atoms in total. The zero-order chi connectivity index (χ0) is 11.3. The highest BCUT2D eigenvalue weighted by Crippen LogP contribution is 2.54. The largest absolute Gasteiger partial charge is 0.415 e. The second-order valence-corrected chi connectivity index (χ2v) is 5.36. The van der Waals surface area contributed by atoms with Crippen molar-refractivity contribution in [2.24, 2.45) is 5.41 Å². The molecule has 0 unspecified atom stereocenters. The second kappa shape index (κ2) is 3.25. The summed E-state index contributed by atoms with van der Waals surface area (Å²) in [7, 11) is 0. The Bertz CT molecular complexity index is 374. The van der Waals surface area contributed by atoms with Gasteiger partial charge in [-0.2, -0.15) is 0 Å². The number of carbonyl (C=O) groups excluding carboxylic acids is 1. The van der Waals surface area contributed by atoms with Gasteiger partial charge in [0.1, 0.15) is 5.76 Å². The van der Waals surface area contributed by atoms with E-state index in [9.17, 15) is 4.79 Å². The molecular formula is C13H19NO2. The molecule has 0 spiro atoms. The molecule has 2 aliphatic heterocycles. The average Bonchev–Trinajstić information content (AvgIpc) is 2.67. The SMILES string of the molecule is CC[C@@]12CCCN3C(=O)OC(C)=C(CC1)[C@@H]32. The fourth-order valence-corrected chi connectivity index (χ4v) is 3.90. The van der Waals surface area contributed by atoms with Crippen molar-refractivity contribution in [2.75, 3.05) is 6.54 Å². The summed E-state index contributed by atoms with van der Waals surface area (Å²) in [6.07, 6.45) is 5.81. The lowest BCUT2D eigenvalue weighted by atomic mass is 9.72. The Morgan fingerprint density at radius 1 is 1.50 bits per heavy atom. The maximum Gasteiger partial charge on any atom is 0.415 e. The first-order chi connectivity index (χ1) is 7.68. The number of rotatable bonds is 1. The van der Waals surface area contributed by atoms with Crippen LogP contribution in [0.1, 0.15) is 46.0 Å². The van der Waals surface area contributed by atoms with Crippen LogP contribution in [0, 0.1) is 5.41 Å². The van der Waals surface area contributed by atoms with Crippen molar-refractivity contribution in [1.82, 2.24) is 4.90 Å². The quantitative estimate of drug-likeness (QED) is 0.681. The topological polar surface area (TPSA) is 29.5 Å². The number of carbonyl (C=O) groups is 1. The molecule has 1 saturated heterocycles. The van der Waals surface area contributed by atoms with Gasteiger partial charge in [-0.05, 0) is 50.0 Å². The normalized spacial score (nSPS) is 37.5. The van der Waals surface area contributed by atoms with E-state index in [-0.39, 0.29) is 6.09 Å². The molecule has 0 aromatic heterocycles. The molecule has 1 aliphatic carbocycles. The number of allylic oxidation sites excluding steroid dienone is 1. The third-order valence-corrected chi connectivity index (χ3v) is 4.82. The molecule has 0 aromatic carbocycles. The van der Waals surface area contributed by atoms with Gasteiger partial charge in [-0.25, -0.2) is 4.79 Å². The zero-order valence-electron chi connectivity index (χ0n) is 10.1. The molecule has 3 rings (SSSR count). The smallest absolute Gasteiger partial charge is 0.415 e. The van der Waals surface area contributed by atoms with E-state index in [0.29, 0.717) is 11.5 Å². The van der Waals surface area contributed by atoms with Crippen molar-refractivity contribution < 1.29 is 9.53 Å². The molecule has 1 saturated carbocycles. The minimum absolute atomic E-state index is 0.120. The van der Waals surface area contributed by atoms with Crippen LogP contribution in [-0.4, -0.2) is 23.6 Å². The van der Waals surface area contributed by atoms with Crippen molar-refractivity contribution in [1.29, 1.82) is 0 Å². The molecular weight excluding hydrogens is 202 g/mol. The van der Waals surface area contributed by atoms with Crippen LogP contribution in [0.25, 0.3) is 0 Å². The van der Waals surface area contributed by atoms with E-state index < -0.39 is 0 Å². The van der Waals surface area contributed by atoms with Gasteiger partial charge < -0.3 is 9.64 Å². The molecule has 16 heavy (non-hydrogen) atoms. The van der Waals surface area contributed by atoms with E-state index in [2.05, 4.69) is 6.92 Å². The van der Waals surface area contributed by atoms with Crippen molar-refractivity contribution in [2.45, 2.75) is 52.0 Å². The van der Waals surface area contributed by atoms with E-state index in [1.807, 2.05) is 11.8 Å². The van der Waals surface area contributed by atoms with E-state index >= 15 is 0 Å². The molecule has 0 bridgehead atoms. The van der Waals surface area contributed by atoms with Crippen LogP contribution in [0.3, 0.4) is 0 Å². The van der Waals surface area contributed by atoms with Crippen LogP contribution in [0.4, 0.5) is 4.79 Å².